The van der Waals surface area contributed by atoms with Gasteiger partial charge in [-0.3, -0.25) is 9.52 Å². The van der Waals surface area contributed by atoms with Gasteiger partial charge in [0.25, 0.3) is 0 Å². The molecule has 0 bridgehead atoms. The van der Waals surface area contributed by atoms with E-state index in [1.807, 2.05) is 4.72 Å². The number of rotatable bonds is 5. The maximum atomic E-state index is 11.8. The summed E-state index contributed by atoms with van der Waals surface area (Å²) in [7, 11) is -3.61. The molecule has 7 heteroatoms. The zero-order valence-electron chi connectivity index (χ0n) is 13.3. The summed E-state index contributed by atoms with van der Waals surface area (Å²) < 4.78 is 29.5. The highest BCUT2D eigenvalue weighted by Crippen LogP contribution is 2.29. The Morgan fingerprint density at radius 1 is 1.12 bits per heavy atom. The lowest BCUT2D eigenvalue weighted by atomic mass is 10.0. The van der Waals surface area contributed by atoms with E-state index in [1.54, 1.807) is 43.3 Å². The molecule has 0 aliphatic rings. The van der Waals surface area contributed by atoms with Crippen molar-refractivity contribution in [2.45, 2.75) is 13.3 Å². The highest BCUT2D eigenvalue weighted by atomic mass is 32.2. The number of carbonyl (C=O) groups is 2. The number of fused-ring (bicyclic) bond motifs is 1. The van der Waals surface area contributed by atoms with Crippen LogP contribution in [0.15, 0.2) is 48.6 Å². The van der Waals surface area contributed by atoms with Gasteiger partial charge >= 0.3 is 5.97 Å². The normalized spacial score (nSPS) is 11.1. The van der Waals surface area contributed by atoms with Crippen LogP contribution in [0, 0.1) is 0 Å². The molecule has 0 aromatic heterocycles. The summed E-state index contributed by atoms with van der Waals surface area (Å²) in [6.07, 6.45) is 0.811. The van der Waals surface area contributed by atoms with Crippen molar-refractivity contribution in [1.29, 1.82) is 0 Å². The van der Waals surface area contributed by atoms with Crippen LogP contribution in [0.4, 0.5) is 0 Å². The van der Waals surface area contributed by atoms with Crippen LogP contribution < -0.4 is 9.46 Å². The minimum atomic E-state index is -3.61. The Kier molecular flexibility index (Phi) is 5.04. The van der Waals surface area contributed by atoms with Crippen molar-refractivity contribution >= 4 is 32.7 Å². The number of hydrogen-bond donors (Lipinski definition) is 1. The third-order valence-corrected chi connectivity index (χ3v) is 3.77. The van der Waals surface area contributed by atoms with E-state index in [-0.39, 0.29) is 12.0 Å². The van der Waals surface area contributed by atoms with Gasteiger partial charge in [-0.15, -0.1) is 0 Å². The first kappa shape index (κ1) is 17.7. The molecular formula is C17H17NO5S. The number of carbonyl (C=O) groups excluding carboxylic acids is 2. The number of amides is 1. The SMILES string of the molecule is C=C(C)C(=O)Oc1ccc(CC(=O)NS(C)(=O)=O)c2ccccc12. The number of esters is 1. The van der Waals surface area contributed by atoms with Gasteiger partial charge in [0.2, 0.25) is 15.9 Å². The summed E-state index contributed by atoms with van der Waals surface area (Å²) in [5.74, 6) is -0.817. The van der Waals surface area contributed by atoms with E-state index in [1.165, 1.54) is 0 Å². The Bertz CT molecular complexity index is 931. The van der Waals surface area contributed by atoms with Gasteiger partial charge in [-0.25, -0.2) is 13.2 Å². The molecule has 0 spiro atoms. The van der Waals surface area contributed by atoms with Crippen molar-refractivity contribution in [1.82, 2.24) is 4.72 Å². The monoisotopic (exact) mass is 347 g/mol. The standard InChI is InChI=1S/C17H17NO5S/c1-11(2)17(20)23-15-9-8-12(10-16(19)18-24(3,21)22)13-6-4-5-7-14(13)15/h4-9H,1,10H2,2-3H3,(H,18,19). The summed E-state index contributed by atoms with van der Waals surface area (Å²) in [6, 6.07) is 10.3. The molecule has 2 aromatic carbocycles. The minimum absolute atomic E-state index is 0.109. The maximum absolute atomic E-state index is 11.8. The van der Waals surface area contributed by atoms with Crippen LogP contribution in [0.25, 0.3) is 10.8 Å². The van der Waals surface area contributed by atoms with Gasteiger partial charge in [0, 0.05) is 11.0 Å². The van der Waals surface area contributed by atoms with Crippen molar-refractivity contribution in [3.8, 4) is 5.75 Å². The van der Waals surface area contributed by atoms with E-state index in [4.69, 9.17) is 4.74 Å². The molecule has 0 atom stereocenters. The Morgan fingerprint density at radius 3 is 2.33 bits per heavy atom. The molecular weight excluding hydrogens is 330 g/mol. The lowest BCUT2D eigenvalue weighted by Crippen LogP contribution is -2.30. The van der Waals surface area contributed by atoms with Gasteiger partial charge in [-0.05, 0) is 23.9 Å². The highest BCUT2D eigenvalue weighted by Gasteiger charge is 2.14. The van der Waals surface area contributed by atoms with Crippen molar-refractivity contribution in [2.75, 3.05) is 6.26 Å². The maximum Gasteiger partial charge on any atom is 0.338 e. The van der Waals surface area contributed by atoms with E-state index in [0.717, 1.165) is 6.26 Å². The number of sulfonamides is 1. The van der Waals surface area contributed by atoms with E-state index in [2.05, 4.69) is 6.58 Å². The Morgan fingerprint density at radius 2 is 1.75 bits per heavy atom. The van der Waals surface area contributed by atoms with E-state index >= 15 is 0 Å². The van der Waals surface area contributed by atoms with Gasteiger partial charge in [-0.1, -0.05) is 36.9 Å². The fourth-order valence-corrected chi connectivity index (χ4v) is 2.67. The van der Waals surface area contributed by atoms with Crippen molar-refractivity contribution < 1.29 is 22.7 Å². The summed E-state index contributed by atoms with van der Waals surface area (Å²) in [5, 5.41) is 1.35. The lowest BCUT2D eigenvalue weighted by Gasteiger charge is -2.11. The summed E-state index contributed by atoms with van der Waals surface area (Å²) in [6.45, 7) is 5.09. The van der Waals surface area contributed by atoms with Crippen LogP contribution in [-0.4, -0.2) is 26.6 Å². The molecule has 2 rings (SSSR count). The molecule has 0 radical (unpaired) electrons. The molecule has 126 valence electrons. The quantitative estimate of drug-likeness (QED) is 0.507. The van der Waals surface area contributed by atoms with Gasteiger partial charge in [0.05, 0.1) is 12.7 Å². The van der Waals surface area contributed by atoms with E-state index < -0.39 is 21.9 Å². The average molecular weight is 347 g/mol. The van der Waals surface area contributed by atoms with Crippen LogP contribution in [0.3, 0.4) is 0 Å². The number of benzene rings is 2. The molecule has 6 nitrogen and oxygen atoms in total. The second kappa shape index (κ2) is 6.84. The summed E-state index contributed by atoms with van der Waals surface area (Å²) in [4.78, 5) is 23.6. The Hall–Kier alpha value is -2.67. The first-order chi connectivity index (χ1) is 11.2. The highest BCUT2D eigenvalue weighted by molar-refractivity contribution is 7.89. The van der Waals surface area contributed by atoms with Crippen molar-refractivity contribution in [3.05, 3.63) is 54.1 Å². The van der Waals surface area contributed by atoms with Crippen molar-refractivity contribution in [2.24, 2.45) is 0 Å². The van der Waals surface area contributed by atoms with Crippen molar-refractivity contribution in [3.63, 3.8) is 0 Å². The summed E-state index contributed by atoms with van der Waals surface area (Å²) in [5.41, 5.74) is 0.901. The molecule has 0 aliphatic heterocycles. The second-order valence-corrected chi connectivity index (χ2v) is 7.16. The number of ether oxygens (including phenoxy) is 1. The largest absolute Gasteiger partial charge is 0.423 e. The van der Waals surface area contributed by atoms with Gasteiger partial charge in [-0.2, -0.15) is 0 Å². The van der Waals surface area contributed by atoms with Crippen LogP contribution in [0.1, 0.15) is 12.5 Å². The average Bonchev–Trinajstić information content (AvgIpc) is 2.47. The molecule has 0 heterocycles. The molecule has 0 aliphatic carbocycles. The van der Waals surface area contributed by atoms with Crippen LogP contribution >= 0.6 is 0 Å². The Labute approximate surface area is 140 Å². The lowest BCUT2D eigenvalue weighted by molar-refractivity contribution is -0.130. The molecule has 24 heavy (non-hydrogen) atoms. The molecule has 0 unspecified atom stereocenters. The molecule has 0 saturated carbocycles. The first-order valence-electron chi connectivity index (χ1n) is 7.06. The molecule has 1 amide bonds. The van der Waals surface area contributed by atoms with E-state index in [9.17, 15) is 18.0 Å². The van der Waals surface area contributed by atoms with Gasteiger partial charge < -0.3 is 4.74 Å². The molecule has 2 aromatic rings. The van der Waals surface area contributed by atoms with Crippen LogP contribution in [0.5, 0.6) is 5.75 Å². The zero-order chi connectivity index (χ0) is 17.9. The fourth-order valence-electron chi connectivity index (χ4n) is 2.18. The second-order valence-electron chi connectivity index (χ2n) is 5.41. The predicted octanol–water partition coefficient (Wildman–Crippen LogP) is 1.94. The molecule has 1 N–H and O–H groups in total. The third-order valence-electron chi connectivity index (χ3n) is 3.18. The van der Waals surface area contributed by atoms with E-state index in [0.29, 0.717) is 22.1 Å². The molecule has 0 saturated heterocycles. The fraction of sp³-hybridized carbons (Fsp3) is 0.176. The first-order valence-corrected chi connectivity index (χ1v) is 8.95. The minimum Gasteiger partial charge on any atom is -0.423 e. The zero-order valence-corrected chi connectivity index (χ0v) is 14.1. The topological polar surface area (TPSA) is 89.5 Å². The van der Waals surface area contributed by atoms with Crippen LogP contribution in [0.2, 0.25) is 0 Å². The third kappa shape index (κ3) is 4.42. The predicted molar refractivity (Wildman–Crippen MR) is 91.1 cm³/mol. The van der Waals surface area contributed by atoms with Gasteiger partial charge in [0.1, 0.15) is 5.75 Å². The van der Waals surface area contributed by atoms with Gasteiger partial charge in [0.15, 0.2) is 0 Å². The molecule has 0 fully saturated rings. The number of nitrogens with one attached hydrogen (secondary N) is 1. The number of hydrogen-bond acceptors (Lipinski definition) is 5. The summed E-state index contributed by atoms with van der Waals surface area (Å²) >= 11 is 0. The Balaban J connectivity index is 2.39. The van der Waals surface area contributed by atoms with Crippen LogP contribution in [-0.2, 0) is 26.0 Å². The smallest absolute Gasteiger partial charge is 0.338 e.